The molecule has 0 spiro atoms. The minimum absolute atomic E-state index is 0.202. The van der Waals surface area contributed by atoms with Gasteiger partial charge in [0.2, 0.25) is 5.91 Å². The Balaban J connectivity index is 1.89. The number of aliphatic hydroxyl groups is 1. The Morgan fingerprint density at radius 1 is 1.30 bits per heavy atom. The second kappa shape index (κ2) is 10.8. The number of benzene rings is 1. The Labute approximate surface area is 194 Å². The minimum atomic E-state index is -0.599. The molecule has 9 heteroatoms. The third kappa shape index (κ3) is 6.00. The first kappa shape index (κ1) is 24.0. The number of aliphatic hydroxyl groups excluding tert-OH is 1. The fourth-order valence-electron chi connectivity index (χ4n) is 3.70. The first-order valence-corrected chi connectivity index (χ1v) is 11.0. The average molecular weight is 450 g/mol. The zero-order valence-electron chi connectivity index (χ0n) is 19.1. The van der Waals surface area contributed by atoms with E-state index in [1.807, 2.05) is 18.2 Å². The summed E-state index contributed by atoms with van der Waals surface area (Å²) < 4.78 is 0. The van der Waals surface area contributed by atoms with E-state index in [0.29, 0.717) is 34.9 Å². The molecule has 1 aromatic carbocycles. The first-order valence-electron chi connectivity index (χ1n) is 11.0. The van der Waals surface area contributed by atoms with Crippen LogP contribution < -0.4 is 21.3 Å². The number of amides is 1. The van der Waals surface area contributed by atoms with Crippen LogP contribution in [0.15, 0.2) is 37.0 Å². The minimum Gasteiger partial charge on any atom is -0.392 e. The zero-order valence-corrected chi connectivity index (χ0v) is 19.1. The van der Waals surface area contributed by atoms with Gasteiger partial charge in [0.15, 0.2) is 0 Å². The summed E-state index contributed by atoms with van der Waals surface area (Å²) in [7, 11) is 0. The van der Waals surface area contributed by atoms with Gasteiger partial charge in [0.1, 0.15) is 11.9 Å². The van der Waals surface area contributed by atoms with E-state index in [1.54, 1.807) is 13.0 Å². The molecule has 33 heavy (non-hydrogen) atoms. The molecule has 1 aromatic heterocycles. The van der Waals surface area contributed by atoms with E-state index in [-0.39, 0.29) is 5.57 Å². The van der Waals surface area contributed by atoms with Gasteiger partial charge in [-0.25, -0.2) is 4.98 Å². The summed E-state index contributed by atoms with van der Waals surface area (Å²) in [6.07, 6.45) is 0.884. The lowest BCUT2D eigenvalue weighted by molar-refractivity contribution is -0.112. The highest BCUT2D eigenvalue weighted by Gasteiger charge is 2.19. The molecule has 5 N–H and O–H groups in total. The number of hydrogen-bond donors (Lipinski definition) is 4. The summed E-state index contributed by atoms with van der Waals surface area (Å²) in [6, 6.07) is 9.58. The highest BCUT2D eigenvalue weighted by molar-refractivity contribution is 6.19. The molecule has 1 aliphatic heterocycles. The van der Waals surface area contributed by atoms with Crippen molar-refractivity contribution in [3.05, 3.63) is 48.2 Å². The molecule has 0 radical (unpaired) electrons. The number of hydrogen-bond acceptors (Lipinski definition) is 8. The number of anilines is 4. The van der Waals surface area contributed by atoms with E-state index in [4.69, 9.17) is 5.73 Å². The number of rotatable bonds is 9. The van der Waals surface area contributed by atoms with Crippen molar-refractivity contribution in [2.45, 2.75) is 20.0 Å². The number of primary amides is 1. The molecule has 174 valence electrons. The van der Waals surface area contributed by atoms with E-state index in [9.17, 15) is 15.2 Å². The van der Waals surface area contributed by atoms with Crippen LogP contribution in [0.25, 0.3) is 5.57 Å². The van der Waals surface area contributed by atoms with Crippen molar-refractivity contribution in [3.63, 3.8) is 0 Å². The molecule has 1 atom stereocenters. The van der Waals surface area contributed by atoms with E-state index in [0.717, 1.165) is 38.4 Å². The van der Waals surface area contributed by atoms with Gasteiger partial charge in [-0.15, -0.1) is 0 Å². The molecule has 1 aliphatic rings. The van der Waals surface area contributed by atoms with Crippen LogP contribution in [0.1, 0.15) is 25.0 Å². The molecule has 9 nitrogen and oxygen atoms in total. The summed E-state index contributed by atoms with van der Waals surface area (Å²) in [5, 5.41) is 25.2. The maximum Gasteiger partial charge on any atom is 0.248 e. The highest BCUT2D eigenvalue weighted by atomic mass is 16.3. The second-order valence-corrected chi connectivity index (χ2v) is 8.08. The molecule has 0 bridgehead atoms. The lowest BCUT2D eigenvalue weighted by Crippen LogP contribution is -2.46. The predicted molar refractivity (Wildman–Crippen MR) is 131 cm³/mol. The van der Waals surface area contributed by atoms with Crippen molar-refractivity contribution in [2.75, 3.05) is 54.8 Å². The number of piperazine rings is 1. The van der Waals surface area contributed by atoms with E-state index >= 15 is 0 Å². The van der Waals surface area contributed by atoms with Crippen LogP contribution in [0.2, 0.25) is 0 Å². The Hall–Kier alpha value is -3.61. The molecule has 1 unspecified atom stereocenters. The fraction of sp³-hybridized carbons (Fsp3) is 0.375. The van der Waals surface area contributed by atoms with Crippen LogP contribution in [0, 0.1) is 11.3 Å². The maximum atomic E-state index is 11.9. The summed E-state index contributed by atoms with van der Waals surface area (Å²) in [5.74, 6) is -0.122. The molecule has 3 rings (SSSR count). The van der Waals surface area contributed by atoms with Crippen molar-refractivity contribution in [1.29, 1.82) is 5.26 Å². The van der Waals surface area contributed by atoms with Gasteiger partial charge >= 0.3 is 0 Å². The van der Waals surface area contributed by atoms with Gasteiger partial charge in [-0.1, -0.05) is 13.5 Å². The zero-order chi connectivity index (χ0) is 24.0. The van der Waals surface area contributed by atoms with E-state index in [1.165, 1.54) is 6.20 Å². The fourth-order valence-corrected chi connectivity index (χ4v) is 3.70. The average Bonchev–Trinajstić information content (AvgIpc) is 2.82. The molecule has 0 saturated carbocycles. The van der Waals surface area contributed by atoms with E-state index < -0.39 is 12.0 Å². The lowest BCUT2D eigenvalue weighted by atomic mass is 10.0. The normalized spacial score (nSPS) is 14.9. The van der Waals surface area contributed by atoms with Crippen LogP contribution in [0.4, 0.5) is 22.9 Å². The van der Waals surface area contributed by atoms with Gasteiger partial charge in [0.05, 0.1) is 17.4 Å². The van der Waals surface area contributed by atoms with Crippen molar-refractivity contribution < 1.29 is 9.90 Å². The third-order valence-corrected chi connectivity index (χ3v) is 5.69. The van der Waals surface area contributed by atoms with Crippen molar-refractivity contribution in [2.24, 2.45) is 5.73 Å². The summed E-state index contributed by atoms with van der Waals surface area (Å²) in [5.41, 5.74) is 8.91. The molecular weight excluding hydrogens is 418 g/mol. The van der Waals surface area contributed by atoms with Crippen LogP contribution in [0.3, 0.4) is 0 Å². The van der Waals surface area contributed by atoms with Gasteiger partial charge < -0.3 is 31.3 Å². The number of pyridine rings is 1. The van der Waals surface area contributed by atoms with Crippen molar-refractivity contribution in [1.82, 2.24) is 9.88 Å². The Morgan fingerprint density at radius 2 is 2.03 bits per heavy atom. The SMILES string of the molecule is C=C(C(N)=O)c1cc(N2CCN(CC)CC2)ccc1Nc1cc(NCC(C)O)c(C#N)cn1. The number of carbonyl (C=O) groups excluding carboxylic acids is 1. The van der Waals surface area contributed by atoms with Gasteiger partial charge in [-0.05, 0) is 31.7 Å². The smallest absolute Gasteiger partial charge is 0.248 e. The van der Waals surface area contributed by atoms with Crippen LogP contribution in [-0.4, -0.2) is 66.3 Å². The topological polar surface area (TPSA) is 131 Å². The molecule has 1 amide bonds. The van der Waals surface area contributed by atoms with Gasteiger partial charge in [-0.2, -0.15) is 5.26 Å². The number of nitrogens with two attached hydrogens (primary N) is 1. The second-order valence-electron chi connectivity index (χ2n) is 8.08. The summed E-state index contributed by atoms with van der Waals surface area (Å²) >= 11 is 0. The molecule has 1 fully saturated rings. The van der Waals surface area contributed by atoms with Gasteiger partial charge in [0.25, 0.3) is 0 Å². The Kier molecular flexibility index (Phi) is 7.87. The molecule has 0 aliphatic carbocycles. The first-order chi connectivity index (χ1) is 15.8. The Bertz CT molecular complexity index is 1050. The van der Waals surface area contributed by atoms with Gasteiger partial charge in [0, 0.05) is 67.5 Å². The van der Waals surface area contributed by atoms with Crippen LogP contribution in [-0.2, 0) is 4.79 Å². The summed E-state index contributed by atoms with van der Waals surface area (Å²) in [4.78, 5) is 20.9. The highest BCUT2D eigenvalue weighted by Crippen LogP contribution is 2.31. The third-order valence-electron chi connectivity index (χ3n) is 5.69. The number of nitrogens with one attached hydrogen (secondary N) is 2. The number of likely N-dealkylation sites (N-methyl/N-ethyl adjacent to an activating group) is 1. The predicted octanol–water partition coefficient (Wildman–Crippen LogP) is 2.13. The lowest BCUT2D eigenvalue weighted by Gasteiger charge is -2.35. The van der Waals surface area contributed by atoms with Crippen molar-refractivity contribution in [3.8, 4) is 6.07 Å². The summed E-state index contributed by atoms with van der Waals surface area (Å²) in [6.45, 7) is 12.8. The molecule has 1 saturated heterocycles. The molecule has 2 heterocycles. The van der Waals surface area contributed by atoms with Crippen molar-refractivity contribution >= 4 is 34.4 Å². The number of nitrogens with zero attached hydrogens (tertiary/aromatic N) is 4. The largest absolute Gasteiger partial charge is 0.392 e. The number of nitriles is 1. The quantitative estimate of drug-likeness (QED) is 0.428. The Morgan fingerprint density at radius 3 is 2.64 bits per heavy atom. The van der Waals surface area contributed by atoms with E-state index in [2.05, 4.69) is 45.0 Å². The monoisotopic (exact) mass is 449 g/mol. The maximum absolute atomic E-state index is 11.9. The standard InChI is InChI=1S/C24H31N7O2/c1-4-30-7-9-31(10-8-30)19-5-6-21(20(11-19)17(3)24(26)33)29-23-12-22(27-14-16(2)32)18(13-25)15-28-23/h5-6,11-12,15-16,32H,3-4,7-10,14H2,1-2H3,(H2,26,33)(H2,27,28,29). The van der Waals surface area contributed by atoms with Crippen LogP contribution >= 0.6 is 0 Å². The molecule has 2 aromatic rings. The number of aromatic nitrogens is 1. The molecular formula is C24H31N7O2. The van der Waals surface area contributed by atoms with Crippen LogP contribution in [0.5, 0.6) is 0 Å². The number of carbonyl (C=O) groups is 1. The van der Waals surface area contributed by atoms with Gasteiger partial charge in [-0.3, -0.25) is 4.79 Å².